The van der Waals surface area contributed by atoms with Crippen LogP contribution in [0.15, 0.2) is 47.8 Å². The van der Waals surface area contributed by atoms with E-state index in [1.54, 1.807) is 30.3 Å². The predicted octanol–water partition coefficient (Wildman–Crippen LogP) is 1.56. The van der Waals surface area contributed by atoms with E-state index in [-0.39, 0.29) is 11.7 Å². The van der Waals surface area contributed by atoms with E-state index in [0.29, 0.717) is 16.9 Å². The van der Waals surface area contributed by atoms with Crippen molar-refractivity contribution in [2.45, 2.75) is 0 Å². The van der Waals surface area contributed by atoms with Crippen LogP contribution in [-0.2, 0) is 0 Å². The molecule has 0 aliphatic carbocycles. The minimum Gasteiger partial charge on any atom is -0.504 e. The van der Waals surface area contributed by atoms with Crippen LogP contribution < -0.4 is 10.2 Å². The lowest BCUT2D eigenvalue weighted by Gasteiger charge is -2.04. The van der Waals surface area contributed by atoms with E-state index in [1.807, 2.05) is 0 Å². The van der Waals surface area contributed by atoms with Crippen LogP contribution in [-0.4, -0.2) is 29.3 Å². The Kier molecular flexibility index (Phi) is 4.28. The monoisotopic (exact) mass is 271 g/mol. The molecule has 1 heterocycles. The first-order chi connectivity index (χ1) is 9.72. The summed E-state index contributed by atoms with van der Waals surface area (Å²) in [5.41, 5.74) is 3.26. The Morgan fingerprint density at radius 1 is 1.35 bits per heavy atom. The summed E-state index contributed by atoms with van der Waals surface area (Å²) in [7, 11) is 1.46. The summed E-state index contributed by atoms with van der Waals surface area (Å²) in [6.07, 6.45) is 4.38. The molecule has 20 heavy (non-hydrogen) atoms. The number of amides is 1. The van der Waals surface area contributed by atoms with Gasteiger partial charge in [-0.3, -0.25) is 9.78 Å². The molecule has 2 rings (SSSR count). The van der Waals surface area contributed by atoms with Crippen LogP contribution >= 0.6 is 0 Å². The zero-order valence-electron chi connectivity index (χ0n) is 10.8. The lowest BCUT2D eigenvalue weighted by atomic mass is 10.2. The van der Waals surface area contributed by atoms with E-state index in [1.165, 1.54) is 25.7 Å². The molecule has 0 fully saturated rings. The van der Waals surface area contributed by atoms with Crippen molar-refractivity contribution in [3.63, 3.8) is 0 Å². The number of benzene rings is 1. The van der Waals surface area contributed by atoms with Gasteiger partial charge in [0.05, 0.1) is 13.3 Å². The minimum atomic E-state index is -0.356. The maximum absolute atomic E-state index is 11.7. The van der Waals surface area contributed by atoms with E-state index >= 15 is 0 Å². The molecule has 0 unspecified atom stereocenters. The Hall–Kier alpha value is -2.89. The minimum absolute atomic E-state index is 0.0306. The third-order valence-corrected chi connectivity index (χ3v) is 2.56. The van der Waals surface area contributed by atoms with Crippen LogP contribution in [0.2, 0.25) is 0 Å². The smallest absolute Gasteiger partial charge is 0.271 e. The number of carbonyl (C=O) groups excluding carboxylic acids is 1. The van der Waals surface area contributed by atoms with E-state index in [4.69, 9.17) is 4.74 Å². The van der Waals surface area contributed by atoms with Gasteiger partial charge in [0.15, 0.2) is 11.5 Å². The Balaban J connectivity index is 2.06. The number of nitrogens with zero attached hydrogens (tertiary/aromatic N) is 2. The van der Waals surface area contributed by atoms with Crippen molar-refractivity contribution in [3.8, 4) is 11.5 Å². The molecule has 0 spiro atoms. The maximum Gasteiger partial charge on any atom is 0.271 e. The predicted molar refractivity (Wildman–Crippen MR) is 74.0 cm³/mol. The van der Waals surface area contributed by atoms with Gasteiger partial charge in [-0.25, -0.2) is 5.43 Å². The summed E-state index contributed by atoms with van der Waals surface area (Å²) in [6, 6.07) is 8.15. The molecule has 0 bridgehead atoms. The first-order valence-electron chi connectivity index (χ1n) is 5.82. The first-order valence-corrected chi connectivity index (χ1v) is 5.82. The topological polar surface area (TPSA) is 83.8 Å². The Morgan fingerprint density at radius 2 is 2.10 bits per heavy atom. The highest BCUT2D eigenvalue weighted by atomic mass is 16.5. The van der Waals surface area contributed by atoms with Crippen molar-refractivity contribution in [3.05, 3.63) is 53.9 Å². The number of hydrogen-bond donors (Lipinski definition) is 2. The van der Waals surface area contributed by atoms with Gasteiger partial charge in [0.2, 0.25) is 0 Å². The molecule has 2 N–H and O–H groups in total. The molecular formula is C14H13N3O3. The number of pyridine rings is 1. The molecule has 0 saturated carbocycles. The molecule has 1 amide bonds. The SMILES string of the molecule is COc1cccc(/C=N\NC(=O)c2ccncc2)c1O. The quantitative estimate of drug-likeness (QED) is 0.653. The van der Waals surface area contributed by atoms with E-state index < -0.39 is 0 Å². The maximum atomic E-state index is 11.7. The molecule has 6 heteroatoms. The Labute approximate surface area is 115 Å². The summed E-state index contributed by atoms with van der Waals surface area (Å²) in [5.74, 6) is -0.0441. The van der Waals surface area contributed by atoms with Crippen molar-refractivity contribution in [2.75, 3.05) is 7.11 Å². The summed E-state index contributed by atoms with van der Waals surface area (Å²) < 4.78 is 4.98. The van der Waals surface area contributed by atoms with Crippen molar-refractivity contribution < 1.29 is 14.6 Å². The van der Waals surface area contributed by atoms with Crippen LogP contribution in [0.5, 0.6) is 11.5 Å². The average molecular weight is 271 g/mol. The molecule has 0 aliphatic rings. The van der Waals surface area contributed by atoms with Gasteiger partial charge < -0.3 is 9.84 Å². The fourth-order valence-corrected chi connectivity index (χ4v) is 1.54. The number of hydrogen-bond acceptors (Lipinski definition) is 5. The second-order valence-electron chi connectivity index (χ2n) is 3.83. The van der Waals surface area contributed by atoms with Crippen LogP contribution in [0.4, 0.5) is 0 Å². The Bertz CT molecular complexity index is 627. The number of ether oxygens (including phenoxy) is 1. The number of para-hydroxylation sites is 1. The number of aromatic hydroxyl groups is 1. The summed E-state index contributed by atoms with van der Waals surface area (Å²) in [5, 5.41) is 13.6. The third-order valence-electron chi connectivity index (χ3n) is 2.56. The first kappa shape index (κ1) is 13.5. The molecule has 6 nitrogen and oxygen atoms in total. The number of rotatable bonds is 4. The number of carbonyl (C=O) groups is 1. The van der Waals surface area contributed by atoms with Gasteiger partial charge in [-0.1, -0.05) is 6.07 Å². The zero-order chi connectivity index (χ0) is 14.4. The normalized spacial score (nSPS) is 10.4. The van der Waals surface area contributed by atoms with Gasteiger partial charge in [-0.2, -0.15) is 5.10 Å². The fraction of sp³-hybridized carbons (Fsp3) is 0.0714. The standard InChI is InChI=1S/C14H13N3O3/c1-20-12-4-2-3-11(13(12)18)9-16-17-14(19)10-5-7-15-8-6-10/h2-9,18H,1H3,(H,17,19)/b16-9-. The van der Waals surface area contributed by atoms with Crippen LogP contribution in [0.25, 0.3) is 0 Å². The van der Waals surface area contributed by atoms with Gasteiger partial charge in [-0.05, 0) is 24.3 Å². The summed E-state index contributed by atoms with van der Waals surface area (Å²) >= 11 is 0. The van der Waals surface area contributed by atoms with E-state index in [2.05, 4.69) is 15.5 Å². The van der Waals surface area contributed by atoms with Gasteiger partial charge in [-0.15, -0.1) is 0 Å². The molecule has 0 saturated heterocycles. The van der Waals surface area contributed by atoms with Crippen LogP contribution in [0.3, 0.4) is 0 Å². The molecule has 2 aromatic rings. The Morgan fingerprint density at radius 3 is 2.80 bits per heavy atom. The highest BCUT2D eigenvalue weighted by Gasteiger charge is 2.05. The number of nitrogens with one attached hydrogen (secondary N) is 1. The molecule has 0 atom stereocenters. The highest BCUT2D eigenvalue weighted by molar-refractivity contribution is 5.95. The van der Waals surface area contributed by atoms with Crippen LogP contribution in [0, 0.1) is 0 Å². The lowest BCUT2D eigenvalue weighted by molar-refractivity contribution is 0.0955. The number of aromatic nitrogens is 1. The number of phenolic OH excluding ortho intramolecular Hbond substituents is 1. The summed E-state index contributed by atoms with van der Waals surface area (Å²) in [4.78, 5) is 15.5. The van der Waals surface area contributed by atoms with Crippen LogP contribution in [0.1, 0.15) is 15.9 Å². The highest BCUT2D eigenvalue weighted by Crippen LogP contribution is 2.27. The van der Waals surface area contributed by atoms with Crippen molar-refractivity contribution in [1.82, 2.24) is 10.4 Å². The van der Waals surface area contributed by atoms with Crippen molar-refractivity contribution in [2.24, 2.45) is 5.10 Å². The number of phenols is 1. The zero-order valence-corrected chi connectivity index (χ0v) is 10.8. The van der Waals surface area contributed by atoms with Gasteiger partial charge >= 0.3 is 0 Å². The second kappa shape index (κ2) is 6.33. The molecule has 1 aromatic heterocycles. The lowest BCUT2D eigenvalue weighted by Crippen LogP contribution is -2.17. The van der Waals surface area contributed by atoms with E-state index in [0.717, 1.165) is 0 Å². The summed E-state index contributed by atoms with van der Waals surface area (Å²) in [6.45, 7) is 0. The fourth-order valence-electron chi connectivity index (χ4n) is 1.54. The number of hydrazone groups is 1. The molecule has 0 aliphatic heterocycles. The largest absolute Gasteiger partial charge is 0.504 e. The van der Waals surface area contributed by atoms with Crippen molar-refractivity contribution >= 4 is 12.1 Å². The molecule has 102 valence electrons. The molecule has 1 aromatic carbocycles. The number of methoxy groups -OCH3 is 1. The average Bonchev–Trinajstić information content (AvgIpc) is 2.49. The second-order valence-corrected chi connectivity index (χ2v) is 3.83. The van der Waals surface area contributed by atoms with Crippen molar-refractivity contribution in [1.29, 1.82) is 0 Å². The van der Waals surface area contributed by atoms with Gasteiger partial charge in [0.1, 0.15) is 0 Å². The van der Waals surface area contributed by atoms with Gasteiger partial charge in [0.25, 0.3) is 5.91 Å². The molecular weight excluding hydrogens is 258 g/mol. The molecule has 0 radical (unpaired) electrons. The van der Waals surface area contributed by atoms with E-state index in [9.17, 15) is 9.90 Å². The third kappa shape index (κ3) is 3.11. The van der Waals surface area contributed by atoms with Gasteiger partial charge in [0, 0.05) is 23.5 Å².